The fraction of sp³-hybridized carbons (Fsp3) is 0.350. The number of amides is 1. The highest BCUT2D eigenvalue weighted by molar-refractivity contribution is 5.78. The van der Waals surface area contributed by atoms with Crippen LogP contribution in [0, 0.1) is 0 Å². The molecule has 0 radical (unpaired) electrons. The number of benzene rings is 2. The first-order valence-electron chi connectivity index (χ1n) is 8.47. The summed E-state index contributed by atoms with van der Waals surface area (Å²) in [6, 6.07) is 18.8. The maximum absolute atomic E-state index is 13.0. The van der Waals surface area contributed by atoms with Gasteiger partial charge in [0.05, 0.1) is 6.54 Å². The van der Waals surface area contributed by atoms with Crippen molar-refractivity contribution in [2.75, 3.05) is 13.1 Å². The van der Waals surface area contributed by atoms with Gasteiger partial charge in [0.25, 0.3) is 0 Å². The average molecular weight is 363 g/mol. The minimum atomic E-state index is -4.74. The normalized spacial score (nSPS) is 20.6. The molecule has 0 bridgehead atoms. The molecule has 0 spiro atoms. The summed E-state index contributed by atoms with van der Waals surface area (Å²) < 4.78 is 39.0. The quantitative estimate of drug-likeness (QED) is 0.899. The maximum atomic E-state index is 13.0. The second-order valence-electron chi connectivity index (χ2n) is 6.67. The number of nitrogens with zero attached hydrogens (tertiary/aromatic N) is 1. The number of likely N-dealkylation sites (tertiary alicyclic amines) is 1. The Kier molecular flexibility index (Phi) is 5.05. The van der Waals surface area contributed by atoms with Crippen molar-refractivity contribution in [1.29, 1.82) is 0 Å². The van der Waals surface area contributed by atoms with E-state index in [-0.39, 0.29) is 24.8 Å². The molecule has 2 aromatic carbocycles. The predicted molar refractivity (Wildman–Crippen MR) is 91.5 cm³/mol. The molecule has 1 unspecified atom stereocenters. The van der Waals surface area contributed by atoms with Crippen molar-refractivity contribution in [3.8, 4) is 0 Å². The number of aliphatic hydroxyl groups is 1. The predicted octanol–water partition coefficient (Wildman–Crippen LogP) is 3.73. The summed E-state index contributed by atoms with van der Waals surface area (Å²) in [7, 11) is 0. The number of β-amino-alcohol motifs (C(OH)–C–C–N with tert-alkyl or cyclic N) is 1. The van der Waals surface area contributed by atoms with Gasteiger partial charge in [-0.15, -0.1) is 0 Å². The van der Waals surface area contributed by atoms with Gasteiger partial charge in [0, 0.05) is 25.3 Å². The molecule has 0 aromatic heterocycles. The maximum Gasteiger partial charge on any atom is 0.419 e. The van der Waals surface area contributed by atoms with Crippen LogP contribution in [0.4, 0.5) is 13.2 Å². The van der Waals surface area contributed by atoms with Gasteiger partial charge in [0.15, 0.2) is 5.60 Å². The topological polar surface area (TPSA) is 40.5 Å². The van der Waals surface area contributed by atoms with Crippen LogP contribution >= 0.6 is 0 Å². The van der Waals surface area contributed by atoms with Gasteiger partial charge in [0.2, 0.25) is 5.91 Å². The van der Waals surface area contributed by atoms with E-state index in [0.717, 1.165) is 16.0 Å². The van der Waals surface area contributed by atoms with Gasteiger partial charge in [-0.25, -0.2) is 0 Å². The summed E-state index contributed by atoms with van der Waals surface area (Å²) >= 11 is 0. The Hall–Kier alpha value is -2.34. The average Bonchev–Trinajstić information content (AvgIpc) is 3.05. The molecule has 1 fully saturated rings. The van der Waals surface area contributed by atoms with Crippen molar-refractivity contribution in [2.45, 2.75) is 30.5 Å². The molecule has 1 heterocycles. The van der Waals surface area contributed by atoms with Gasteiger partial charge in [-0.2, -0.15) is 13.2 Å². The SMILES string of the molecule is O=C(CC(c1ccccc1)c1ccccc1)N1CCC(O)(C(F)(F)F)C1. The lowest BCUT2D eigenvalue weighted by Crippen LogP contribution is -2.48. The Bertz CT molecular complexity index is 709. The number of carbonyl (C=O) groups is 1. The van der Waals surface area contributed by atoms with E-state index in [1.807, 2.05) is 60.7 Å². The Morgan fingerprint density at radius 2 is 1.54 bits per heavy atom. The fourth-order valence-electron chi connectivity index (χ4n) is 3.34. The highest BCUT2D eigenvalue weighted by atomic mass is 19.4. The van der Waals surface area contributed by atoms with Crippen LogP contribution in [0.15, 0.2) is 60.7 Å². The van der Waals surface area contributed by atoms with Crippen molar-refractivity contribution < 1.29 is 23.1 Å². The third kappa shape index (κ3) is 3.75. The largest absolute Gasteiger partial charge is 0.419 e. The van der Waals surface area contributed by atoms with Gasteiger partial charge < -0.3 is 10.0 Å². The lowest BCUT2D eigenvalue weighted by atomic mass is 9.88. The Balaban J connectivity index is 1.79. The van der Waals surface area contributed by atoms with E-state index < -0.39 is 24.7 Å². The summed E-state index contributed by atoms with van der Waals surface area (Å²) in [6.45, 7) is -0.795. The minimum absolute atomic E-state index is 0.0575. The van der Waals surface area contributed by atoms with E-state index in [4.69, 9.17) is 0 Å². The Morgan fingerprint density at radius 3 is 1.96 bits per heavy atom. The molecule has 1 aliphatic rings. The van der Waals surface area contributed by atoms with Gasteiger partial charge in [-0.3, -0.25) is 4.79 Å². The van der Waals surface area contributed by atoms with E-state index in [1.165, 1.54) is 0 Å². The van der Waals surface area contributed by atoms with Crippen LogP contribution in [0.25, 0.3) is 0 Å². The molecule has 1 saturated heterocycles. The molecule has 0 aliphatic carbocycles. The summed E-state index contributed by atoms with van der Waals surface area (Å²) in [5, 5.41) is 9.80. The van der Waals surface area contributed by atoms with Crippen LogP contribution in [0.3, 0.4) is 0 Å². The van der Waals surface area contributed by atoms with E-state index in [1.54, 1.807) is 0 Å². The lowest BCUT2D eigenvalue weighted by molar-refractivity contribution is -0.253. The zero-order chi connectivity index (χ0) is 18.8. The summed E-state index contributed by atoms with van der Waals surface area (Å²) in [4.78, 5) is 13.8. The van der Waals surface area contributed by atoms with Crippen LogP contribution in [0.2, 0.25) is 0 Å². The summed E-state index contributed by atoms with van der Waals surface area (Å²) in [6.07, 6.45) is -5.16. The Morgan fingerprint density at radius 1 is 1.04 bits per heavy atom. The first kappa shape index (κ1) is 18.5. The molecule has 3 nitrogen and oxygen atoms in total. The molecule has 26 heavy (non-hydrogen) atoms. The molecule has 1 amide bonds. The molecule has 6 heteroatoms. The molecule has 1 N–H and O–H groups in total. The van der Waals surface area contributed by atoms with Crippen molar-refractivity contribution in [2.24, 2.45) is 0 Å². The molecular weight excluding hydrogens is 343 g/mol. The molecular formula is C20H20F3NO2. The molecule has 2 aromatic rings. The van der Waals surface area contributed by atoms with Crippen LogP contribution in [0.1, 0.15) is 29.9 Å². The first-order valence-corrected chi connectivity index (χ1v) is 8.47. The van der Waals surface area contributed by atoms with E-state index in [0.29, 0.717) is 0 Å². The van der Waals surface area contributed by atoms with E-state index in [9.17, 15) is 23.1 Å². The number of rotatable bonds is 4. The minimum Gasteiger partial charge on any atom is -0.379 e. The van der Waals surface area contributed by atoms with Crippen LogP contribution in [-0.2, 0) is 4.79 Å². The van der Waals surface area contributed by atoms with Crippen LogP contribution in [-0.4, -0.2) is 40.8 Å². The third-order valence-corrected chi connectivity index (χ3v) is 4.91. The van der Waals surface area contributed by atoms with Crippen molar-refractivity contribution in [3.63, 3.8) is 0 Å². The highest BCUT2D eigenvalue weighted by Crippen LogP contribution is 2.38. The number of halogens is 3. The zero-order valence-corrected chi connectivity index (χ0v) is 14.1. The monoisotopic (exact) mass is 363 g/mol. The summed E-state index contributed by atoms with van der Waals surface area (Å²) in [5.74, 6) is -0.632. The molecule has 1 atom stereocenters. The smallest absolute Gasteiger partial charge is 0.379 e. The van der Waals surface area contributed by atoms with E-state index >= 15 is 0 Å². The van der Waals surface area contributed by atoms with Gasteiger partial charge in [-0.05, 0) is 11.1 Å². The molecule has 3 rings (SSSR count). The van der Waals surface area contributed by atoms with Crippen molar-refractivity contribution >= 4 is 5.91 Å². The third-order valence-electron chi connectivity index (χ3n) is 4.91. The fourth-order valence-corrected chi connectivity index (χ4v) is 3.34. The number of hydrogen-bond donors (Lipinski definition) is 1. The molecule has 138 valence electrons. The van der Waals surface area contributed by atoms with E-state index in [2.05, 4.69) is 0 Å². The van der Waals surface area contributed by atoms with Crippen LogP contribution in [0.5, 0.6) is 0 Å². The second-order valence-corrected chi connectivity index (χ2v) is 6.67. The van der Waals surface area contributed by atoms with Gasteiger partial charge in [-0.1, -0.05) is 60.7 Å². The first-order chi connectivity index (χ1) is 12.3. The number of carbonyl (C=O) groups excluding carboxylic acids is 1. The van der Waals surface area contributed by atoms with Crippen molar-refractivity contribution in [3.05, 3.63) is 71.8 Å². The Labute approximate surface area is 150 Å². The summed E-state index contributed by atoms with van der Waals surface area (Å²) in [5.41, 5.74) is -0.952. The van der Waals surface area contributed by atoms with Crippen LogP contribution < -0.4 is 0 Å². The number of alkyl halides is 3. The molecule has 1 aliphatic heterocycles. The lowest BCUT2D eigenvalue weighted by Gasteiger charge is -2.27. The molecule has 0 saturated carbocycles. The highest BCUT2D eigenvalue weighted by Gasteiger charge is 2.57. The number of hydrogen-bond acceptors (Lipinski definition) is 2. The van der Waals surface area contributed by atoms with Gasteiger partial charge in [0.1, 0.15) is 0 Å². The van der Waals surface area contributed by atoms with Crippen molar-refractivity contribution in [1.82, 2.24) is 4.90 Å². The zero-order valence-electron chi connectivity index (χ0n) is 14.1. The van der Waals surface area contributed by atoms with Gasteiger partial charge >= 0.3 is 6.18 Å². The second kappa shape index (κ2) is 7.11. The standard InChI is InChI=1S/C20H20F3NO2/c21-20(22,23)19(26)11-12-24(14-19)18(25)13-17(15-7-3-1-4-8-15)16-9-5-2-6-10-16/h1-10,17,26H,11-14H2.